The number of morpholine rings is 1. The Kier molecular flexibility index (Phi) is 6.41. The average molecular weight is 409 g/mol. The molecule has 2 N–H and O–H groups in total. The third kappa shape index (κ3) is 5.05. The Morgan fingerprint density at radius 3 is 2.93 bits per heavy atom. The lowest BCUT2D eigenvalue weighted by Crippen LogP contribution is -2.38. The van der Waals surface area contributed by atoms with Crippen LogP contribution in [0.4, 0.5) is 11.6 Å². The smallest absolute Gasteiger partial charge is 0.320 e. The fraction of sp³-hybridized carbons (Fsp3) is 0.381. The van der Waals surface area contributed by atoms with Crippen LogP contribution in [-0.2, 0) is 4.74 Å². The first-order valence-corrected chi connectivity index (χ1v) is 10.0. The summed E-state index contributed by atoms with van der Waals surface area (Å²) in [6.45, 7) is 4.74. The van der Waals surface area contributed by atoms with Crippen LogP contribution in [-0.4, -0.2) is 79.6 Å². The molecule has 1 aromatic carbocycles. The second kappa shape index (κ2) is 9.55. The summed E-state index contributed by atoms with van der Waals surface area (Å²) in [6, 6.07) is 10.3. The van der Waals surface area contributed by atoms with Crippen LogP contribution < -0.4 is 15.1 Å². The summed E-state index contributed by atoms with van der Waals surface area (Å²) in [5.41, 5.74) is 5.07. The number of nitrogens with zero attached hydrogens (tertiary/aromatic N) is 5. The van der Waals surface area contributed by atoms with Crippen LogP contribution in [0.15, 0.2) is 41.6 Å². The highest BCUT2D eigenvalue weighted by Crippen LogP contribution is 2.19. The van der Waals surface area contributed by atoms with Crippen LogP contribution >= 0.6 is 0 Å². The van der Waals surface area contributed by atoms with Gasteiger partial charge in [-0.3, -0.25) is 10.3 Å². The molecule has 0 radical (unpaired) electrons. The number of fused-ring (bicyclic) bond motifs is 1. The van der Waals surface area contributed by atoms with Crippen molar-refractivity contribution in [3.05, 3.63) is 42.1 Å². The van der Waals surface area contributed by atoms with E-state index in [0.29, 0.717) is 18.4 Å². The number of benzene rings is 1. The van der Waals surface area contributed by atoms with Crippen LogP contribution in [0, 0.1) is 0 Å². The second-order valence-corrected chi connectivity index (χ2v) is 7.25. The maximum atomic E-state index is 5.82. The Morgan fingerprint density at radius 1 is 1.27 bits per heavy atom. The Balaban J connectivity index is 1.41. The molecule has 3 heterocycles. The molecule has 1 fully saturated rings. The minimum absolute atomic E-state index is 0.333. The molecule has 0 aliphatic carbocycles. The van der Waals surface area contributed by atoms with E-state index in [0.717, 1.165) is 55.1 Å². The number of para-hydroxylation sites is 1. The number of aromatic amines is 1. The van der Waals surface area contributed by atoms with Gasteiger partial charge in [0.15, 0.2) is 5.82 Å². The van der Waals surface area contributed by atoms with Gasteiger partial charge in [0.1, 0.15) is 12.4 Å². The Hall–Kier alpha value is -3.17. The zero-order valence-electron chi connectivity index (χ0n) is 17.3. The largest absolute Gasteiger partial charge is 0.462 e. The Labute approximate surface area is 175 Å². The van der Waals surface area contributed by atoms with Gasteiger partial charge in [0.25, 0.3) is 0 Å². The van der Waals surface area contributed by atoms with Gasteiger partial charge in [-0.2, -0.15) is 15.1 Å². The maximum absolute atomic E-state index is 5.82. The van der Waals surface area contributed by atoms with Gasteiger partial charge in [-0.15, -0.1) is 0 Å². The number of hydrogen-bond donors (Lipinski definition) is 2. The van der Waals surface area contributed by atoms with E-state index < -0.39 is 0 Å². The van der Waals surface area contributed by atoms with Gasteiger partial charge in [0.2, 0.25) is 0 Å². The van der Waals surface area contributed by atoms with Crippen molar-refractivity contribution in [1.82, 2.24) is 19.9 Å². The molecule has 0 saturated carbocycles. The first-order chi connectivity index (χ1) is 14.7. The standard InChI is InChI=1S/C21H27N7O2/c1-27(2)20-13-19(24-21(25-20)30-12-9-28-7-10-29-11-8-28)26-23-15-16-14-22-18-6-4-3-5-17(16)18/h3-6,13-15,22H,7-12H2,1-2H3,(H,24,25,26)/b23-15-. The molecule has 3 aromatic rings. The topological polar surface area (TPSA) is 90.9 Å². The van der Waals surface area contributed by atoms with Crippen molar-refractivity contribution in [2.75, 3.05) is 63.9 Å². The predicted molar refractivity (Wildman–Crippen MR) is 119 cm³/mol. The number of anilines is 2. The molecule has 1 saturated heterocycles. The van der Waals surface area contributed by atoms with E-state index in [1.165, 1.54) is 0 Å². The minimum Gasteiger partial charge on any atom is -0.462 e. The van der Waals surface area contributed by atoms with E-state index in [2.05, 4.69) is 36.4 Å². The van der Waals surface area contributed by atoms with Crippen molar-refractivity contribution in [3.63, 3.8) is 0 Å². The summed E-state index contributed by atoms with van der Waals surface area (Å²) >= 11 is 0. The van der Waals surface area contributed by atoms with Crippen LogP contribution in [0.5, 0.6) is 6.01 Å². The number of ether oxygens (including phenoxy) is 2. The third-order valence-corrected chi connectivity index (χ3v) is 4.90. The van der Waals surface area contributed by atoms with Crippen molar-refractivity contribution >= 4 is 28.8 Å². The van der Waals surface area contributed by atoms with E-state index in [9.17, 15) is 0 Å². The molecular formula is C21H27N7O2. The SMILES string of the molecule is CN(C)c1cc(N/N=C\c2c[nH]c3ccccc23)nc(OCCN2CCOCC2)n1. The van der Waals surface area contributed by atoms with Gasteiger partial charge in [-0.1, -0.05) is 18.2 Å². The van der Waals surface area contributed by atoms with Gasteiger partial charge in [0, 0.05) is 62.5 Å². The van der Waals surface area contributed by atoms with Crippen molar-refractivity contribution in [2.24, 2.45) is 5.10 Å². The second-order valence-electron chi connectivity index (χ2n) is 7.25. The quantitative estimate of drug-likeness (QED) is 0.435. The zero-order valence-corrected chi connectivity index (χ0v) is 17.3. The molecule has 0 unspecified atom stereocenters. The molecule has 0 spiro atoms. The molecule has 1 aliphatic heterocycles. The highest BCUT2D eigenvalue weighted by molar-refractivity contribution is 5.99. The minimum atomic E-state index is 0.333. The number of H-pyrrole nitrogens is 1. The van der Waals surface area contributed by atoms with Crippen LogP contribution in [0.25, 0.3) is 10.9 Å². The number of rotatable bonds is 8. The lowest BCUT2D eigenvalue weighted by molar-refractivity contribution is 0.0317. The van der Waals surface area contributed by atoms with E-state index in [1.54, 1.807) is 6.21 Å². The van der Waals surface area contributed by atoms with Crippen molar-refractivity contribution < 1.29 is 9.47 Å². The fourth-order valence-electron chi connectivity index (χ4n) is 3.22. The fourth-order valence-corrected chi connectivity index (χ4v) is 3.22. The highest BCUT2D eigenvalue weighted by Gasteiger charge is 2.11. The molecule has 2 aromatic heterocycles. The summed E-state index contributed by atoms with van der Waals surface area (Å²) < 4.78 is 11.2. The average Bonchev–Trinajstić information content (AvgIpc) is 3.18. The first kappa shape index (κ1) is 20.1. The number of hydrogen-bond acceptors (Lipinski definition) is 8. The molecule has 9 heteroatoms. The molecule has 158 valence electrons. The van der Waals surface area contributed by atoms with Crippen LogP contribution in [0.1, 0.15) is 5.56 Å². The number of hydrazone groups is 1. The lowest BCUT2D eigenvalue weighted by Gasteiger charge is -2.26. The van der Waals surface area contributed by atoms with Gasteiger partial charge < -0.3 is 19.4 Å². The van der Waals surface area contributed by atoms with Gasteiger partial charge in [-0.05, 0) is 6.07 Å². The van der Waals surface area contributed by atoms with Gasteiger partial charge in [0.05, 0.1) is 19.4 Å². The molecule has 1 aliphatic rings. The summed E-state index contributed by atoms with van der Waals surface area (Å²) in [7, 11) is 3.86. The normalized spacial score (nSPS) is 15.0. The summed E-state index contributed by atoms with van der Waals surface area (Å²) in [6.07, 6.45) is 3.70. The molecule has 0 atom stereocenters. The van der Waals surface area contributed by atoms with Crippen molar-refractivity contribution in [1.29, 1.82) is 0 Å². The van der Waals surface area contributed by atoms with E-state index in [-0.39, 0.29) is 0 Å². The van der Waals surface area contributed by atoms with E-state index in [4.69, 9.17) is 9.47 Å². The van der Waals surface area contributed by atoms with Gasteiger partial charge >= 0.3 is 6.01 Å². The van der Waals surface area contributed by atoms with Crippen LogP contribution in [0.2, 0.25) is 0 Å². The summed E-state index contributed by atoms with van der Waals surface area (Å²) in [5, 5.41) is 5.47. The molecule has 30 heavy (non-hydrogen) atoms. The molecule has 0 bridgehead atoms. The Bertz CT molecular complexity index is 996. The van der Waals surface area contributed by atoms with Crippen molar-refractivity contribution in [3.8, 4) is 6.01 Å². The predicted octanol–water partition coefficient (Wildman–Crippen LogP) is 2.18. The number of nitrogens with one attached hydrogen (secondary N) is 2. The maximum Gasteiger partial charge on any atom is 0.320 e. The van der Waals surface area contributed by atoms with Gasteiger partial charge in [-0.25, -0.2) is 0 Å². The first-order valence-electron chi connectivity index (χ1n) is 10.0. The molecular weight excluding hydrogens is 382 g/mol. The lowest BCUT2D eigenvalue weighted by atomic mass is 10.2. The summed E-state index contributed by atoms with van der Waals surface area (Å²) in [5.74, 6) is 1.32. The molecule has 4 rings (SSSR count). The zero-order chi connectivity index (χ0) is 20.8. The van der Waals surface area contributed by atoms with E-state index >= 15 is 0 Å². The summed E-state index contributed by atoms with van der Waals surface area (Å²) in [4.78, 5) is 16.4. The van der Waals surface area contributed by atoms with E-state index in [1.807, 2.05) is 49.5 Å². The molecule has 9 nitrogen and oxygen atoms in total. The number of aromatic nitrogens is 3. The van der Waals surface area contributed by atoms with Crippen LogP contribution in [0.3, 0.4) is 0 Å². The third-order valence-electron chi connectivity index (χ3n) is 4.90. The monoisotopic (exact) mass is 409 g/mol. The Morgan fingerprint density at radius 2 is 2.10 bits per heavy atom. The molecule has 0 amide bonds. The highest BCUT2D eigenvalue weighted by atomic mass is 16.5. The van der Waals surface area contributed by atoms with Crippen molar-refractivity contribution in [2.45, 2.75) is 0 Å².